The summed E-state index contributed by atoms with van der Waals surface area (Å²) in [7, 11) is 1.59. The fourth-order valence-electron chi connectivity index (χ4n) is 1.68. The number of benzene rings is 1. The first-order valence-corrected chi connectivity index (χ1v) is 8.07. The van der Waals surface area contributed by atoms with E-state index in [0.29, 0.717) is 12.1 Å². The van der Waals surface area contributed by atoms with Crippen LogP contribution in [-0.2, 0) is 4.79 Å². The lowest BCUT2D eigenvalue weighted by atomic mass is 10.1. The minimum atomic E-state index is -0.426. The number of carbonyl (C=O) groups is 2. The second kappa shape index (κ2) is 8.08. The van der Waals surface area contributed by atoms with Crippen molar-refractivity contribution < 1.29 is 14.3 Å². The topological polar surface area (TPSA) is 67.4 Å². The van der Waals surface area contributed by atoms with Gasteiger partial charge < -0.3 is 15.4 Å². The summed E-state index contributed by atoms with van der Waals surface area (Å²) in [5.41, 5.74) is 0.371. The van der Waals surface area contributed by atoms with E-state index in [9.17, 15) is 9.59 Å². The number of ether oxygens (including phenoxy) is 1. The van der Waals surface area contributed by atoms with Gasteiger partial charge in [0.15, 0.2) is 0 Å². The third-order valence-electron chi connectivity index (χ3n) is 2.75. The average molecular weight is 324 g/mol. The molecule has 0 radical (unpaired) electrons. The van der Waals surface area contributed by atoms with Crippen molar-refractivity contribution in [3.8, 4) is 5.75 Å². The number of thioether (sulfide) groups is 1. The van der Waals surface area contributed by atoms with Crippen molar-refractivity contribution >= 4 is 28.6 Å². The Labute approximate surface area is 136 Å². The molecule has 1 aromatic carbocycles. The lowest BCUT2D eigenvalue weighted by Crippen LogP contribution is -2.40. The van der Waals surface area contributed by atoms with Gasteiger partial charge in [-0.15, -0.1) is 0 Å². The third kappa shape index (κ3) is 6.39. The molecule has 1 atom stereocenters. The molecule has 2 N–H and O–H groups in total. The zero-order valence-electron chi connectivity index (χ0n) is 13.7. The van der Waals surface area contributed by atoms with Gasteiger partial charge in [0.1, 0.15) is 5.75 Å². The molecule has 122 valence electrons. The Morgan fingerprint density at radius 3 is 2.27 bits per heavy atom. The smallest absolute Gasteiger partial charge is 0.280 e. The van der Waals surface area contributed by atoms with Gasteiger partial charge in [-0.25, -0.2) is 0 Å². The van der Waals surface area contributed by atoms with Crippen LogP contribution in [0.5, 0.6) is 5.75 Å². The van der Waals surface area contributed by atoms with Crippen molar-refractivity contribution in [2.24, 2.45) is 0 Å². The first kappa shape index (κ1) is 18.4. The predicted octanol–water partition coefficient (Wildman–Crippen LogP) is 3.65. The Morgan fingerprint density at radius 1 is 1.23 bits per heavy atom. The highest BCUT2D eigenvalue weighted by atomic mass is 32.2. The zero-order valence-corrected chi connectivity index (χ0v) is 14.5. The fraction of sp³-hybridized carbons (Fsp3) is 0.500. The van der Waals surface area contributed by atoms with Crippen LogP contribution in [0, 0.1) is 0 Å². The summed E-state index contributed by atoms with van der Waals surface area (Å²) < 4.78 is 5.07. The van der Waals surface area contributed by atoms with Crippen molar-refractivity contribution in [3.63, 3.8) is 0 Å². The first-order chi connectivity index (χ1) is 10.2. The van der Waals surface area contributed by atoms with Gasteiger partial charge >= 0.3 is 0 Å². The van der Waals surface area contributed by atoms with E-state index in [1.165, 1.54) is 0 Å². The predicted molar refractivity (Wildman–Crippen MR) is 91.6 cm³/mol. The average Bonchev–Trinajstić information content (AvgIpc) is 2.43. The van der Waals surface area contributed by atoms with Crippen molar-refractivity contribution in [1.29, 1.82) is 0 Å². The summed E-state index contributed by atoms with van der Waals surface area (Å²) in [6, 6.07) is 7.08. The number of hydrogen-bond donors (Lipinski definition) is 2. The lowest BCUT2D eigenvalue weighted by Gasteiger charge is -2.22. The highest BCUT2D eigenvalue weighted by Gasteiger charge is 2.23. The number of amides is 2. The second-order valence-corrected chi connectivity index (χ2v) is 7.07. The van der Waals surface area contributed by atoms with E-state index >= 15 is 0 Å². The van der Waals surface area contributed by atoms with Crippen LogP contribution in [0.4, 0.5) is 10.5 Å². The van der Waals surface area contributed by atoms with Crippen molar-refractivity contribution in [2.75, 3.05) is 12.4 Å². The lowest BCUT2D eigenvalue weighted by molar-refractivity contribution is -0.115. The molecule has 0 saturated heterocycles. The summed E-state index contributed by atoms with van der Waals surface area (Å²) in [6.45, 7) is 7.60. The molecular formula is C16H24N2O3S. The molecule has 0 fully saturated rings. The second-order valence-electron chi connectivity index (χ2n) is 5.89. The summed E-state index contributed by atoms with van der Waals surface area (Å²) in [6.07, 6.45) is 0.574. The van der Waals surface area contributed by atoms with Crippen LogP contribution < -0.4 is 15.4 Å². The van der Waals surface area contributed by atoms with E-state index in [1.54, 1.807) is 31.4 Å². The van der Waals surface area contributed by atoms with E-state index < -0.39 is 5.25 Å². The monoisotopic (exact) mass is 324 g/mol. The summed E-state index contributed by atoms with van der Waals surface area (Å²) in [4.78, 5) is 24.2. The summed E-state index contributed by atoms with van der Waals surface area (Å²) in [5.74, 6) is 0.547. The normalized spacial score (nSPS) is 12.4. The number of methoxy groups -OCH3 is 1. The molecule has 1 aromatic rings. The Morgan fingerprint density at radius 2 is 1.82 bits per heavy atom. The molecule has 6 heteroatoms. The SMILES string of the molecule is CCC(SC(=O)NC(C)(C)C)C(=O)Nc1ccc(OC)cc1. The molecule has 0 spiro atoms. The number of carbonyl (C=O) groups excluding carboxylic acids is 2. The quantitative estimate of drug-likeness (QED) is 0.867. The van der Waals surface area contributed by atoms with Gasteiger partial charge in [-0.3, -0.25) is 9.59 Å². The Balaban J connectivity index is 2.61. The maximum Gasteiger partial charge on any atom is 0.280 e. The molecule has 0 aliphatic heterocycles. The van der Waals surface area contributed by atoms with E-state index in [2.05, 4.69) is 10.6 Å². The Bertz CT molecular complexity index is 509. The molecule has 22 heavy (non-hydrogen) atoms. The minimum absolute atomic E-state index is 0.179. The summed E-state index contributed by atoms with van der Waals surface area (Å²) in [5, 5.41) is 5.05. The molecule has 1 rings (SSSR count). The van der Waals surface area contributed by atoms with Crippen molar-refractivity contribution in [2.45, 2.75) is 44.9 Å². The van der Waals surface area contributed by atoms with Crippen LogP contribution in [0.2, 0.25) is 0 Å². The van der Waals surface area contributed by atoms with Gasteiger partial charge in [-0.05, 0) is 51.5 Å². The van der Waals surface area contributed by atoms with Crippen molar-refractivity contribution in [3.05, 3.63) is 24.3 Å². The molecular weight excluding hydrogens is 300 g/mol. The van der Waals surface area contributed by atoms with Crippen molar-refractivity contribution in [1.82, 2.24) is 5.32 Å². The minimum Gasteiger partial charge on any atom is -0.497 e. The van der Waals surface area contributed by atoms with E-state index in [-0.39, 0.29) is 16.7 Å². The van der Waals surface area contributed by atoms with Crippen LogP contribution in [0.15, 0.2) is 24.3 Å². The van der Waals surface area contributed by atoms with Crippen LogP contribution in [0.25, 0.3) is 0 Å². The first-order valence-electron chi connectivity index (χ1n) is 7.19. The summed E-state index contributed by atoms with van der Waals surface area (Å²) >= 11 is 1.02. The van der Waals surface area contributed by atoms with E-state index in [4.69, 9.17) is 4.74 Å². The van der Waals surface area contributed by atoms with Gasteiger partial charge in [-0.2, -0.15) is 0 Å². The molecule has 5 nitrogen and oxygen atoms in total. The zero-order chi connectivity index (χ0) is 16.8. The van der Waals surface area contributed by atoms with Gasteiger partial charge in [0.05, 0.1) is 12.4 Å². The van der Waals surface area contributed by atoms with Gasteiger partial charge in [0.25, 0.3) is 5.24 Å². The Kier molecular flexibility index (Phi) is 6.74. The van der Waals surface area contributed by atoms with E-state index in [1.807, 2.05) is 27.7 Å². The van der Waals surface area contributed by atoms with Crippen LogP contribution in [-0.4, -0.2) is 29.0 Å². The molecule has 0 bridgehead atoms. The van der Waals surface area contributed by atoms with Gasteiger partial charge in [0, 0.05) is 11.2 Å². The molecule has 0 aliphatic carbocycles. The number of hydrogen-bond acceptors (Lipinski definition) is 4. The van der Waals surface area contributed by atoms with E-state index in [0.717, 1.165) is 17.5 Å². The maximum atomic E-state index is 12.3. The van der Waals surface area contributed by atoms with Crippen LogP contribution in [0.3, 0.4) is 0 Å². The molecule has 0 aromatic heterocycles. The molecule has 1 unspecified atom stereocenters. The maximum absolute atomic E-state index is 12.3. The molecule has 2 amide bonds. The third-order valence-corrected chi connectivity index (χ3v) is 3.90. The highest BCUT2D eigenvalue weighted by Crippen LogP contribution is 2.20. The molecule has 0 aliphatic rings. The molecule has 0 saturated carbocycles. The van der Waals surface area contributed by atoms with Gasteiger partial charge in [-0.1, -0.05) is 18.7 Å². The Hall–Kier alpha value is -1.69. The highest BCUT2D eigenvalue weighted by molar-refractivity contribution is 8.14. The van der Waals surface area contributed by atoms with Crippen LogP contribution >= 0.6 is 11.8 Å². The number of anilines is 1. The number of nitrogens with one attached hydrogen (secondary N) is 2. The van der Waals surface area contributed by atoms with Crippen LogP contribution in [0.1, 0.15) is 34.1 Å². The van der Waals surface area contributed by atoms with Gasteiger partial charge in [0.2, 0.25) is 5.91 Å². The standard InChI is InChI=1S/C16H24N2O3S/c1-6-13(22-15(20)18-16(2,3)4)14(19)17-11-7-9-12(21-5)10-8-11/h7-10,13H,6H2,1-5H3,(H,17,19)(H,18,20). The molecule has 0 heterocycles. The largest absolute Gasteiger partial charge is 0.497 e. The number of rotatable bonds is 5. The fourth-order valence-corrected chi connectivity index (χ4v) is 2.64.